The Balaban J connectivity index is 1.46. The average molecular weight is 327 g/mol. The van der Waals surface area contributed by atoms with Crippen molar-refractivity contribution in [3.05, 3.63) is 36.0 Å². The second-order valence-corrected chi connectivity index (χ2v) is 6.41. The maximum Gasteiger partial charge on any atom is 0.191 e. The fraction of sp³-hybridized carbons (Fsp3) is 0.526. The van der Waals surface area contributed by atoms with Gasteiger partial charge in [0, 0.05) is 43.3 Å². The number of likely N-dealkylation sites (N-methyl/N-ethyl adjacent to an activating group) is 1. The molecule has 1 aliphatic rings. The van der Waals surface area contributed by atoms with Crippen LogP contribution in [0, 0.1) is 0 Å². The van der Waals surface area contributed by atoms with E-state index in [9.17, 15) is 0 Å². The molecule has 1 fully saturated rings. The third kappa shape index (κ3) is 3.90. The standard InChI is InChI=1S/C19H29N5/c1-3-24-12-6-7-16(24)14-23-19(20-2)21-11-10-15-13-22-18-9-5-4-8-17(15)18/h4-5,8-9,13,16,22H,3,6-7,10-12,14H2,1-2H3,(H2,20,21,23). The van der Waals surface area contributed by atoms with E-state index < -0.39 is 0 Å². The van der Waals surface area contributed by atoms with Gasteiger partial charge in [0.1, 0.15) is 0 Å². The highest BCUT2D eigenvalue weighted by Gasteiger charge is 2.22. The van der Waals surface area contributed by atoms with Gasteiger partial charge in [-0.3, -0.25) is 9.89 Å². The molecule has 3 rings (SSSR count). The maximum atomic E-state index is 4.35. The predicted octanol–water partition coefficient (Wildman–Crippen LogP) is 2.36. The molecule has 130 valence electrons. The summed E-state index contributed by atoms with van der Waals surface area (Å²) in [4.78, 5) is 10.2. The predicted molar refractivity (Wildman–Crippen MR) is 102 cm³/mol. The van der Waals surface area contributed by atoms with Gasteiger partial charge in [0.25, 0.3) is 0 Å². The Morgan fingerprint density at radius 1 is 1.33 bits per heavy atom. The molecule has 1 atom stereocenters. The molecular formula is C19H29N5. The van der Waals surface area contributed by atoms with Gasteiger partial charge in [-0.15, -0.1) is 0 Å². The number of nitrogens with zero attached hydrogens (tertiary/aromatic N) is 2. The number of nitrogens with one attached hydrogen (secondary N) is 3. The van der Waals surface area contributed by atoms with Crippen LogP contribution in [-0.4, -0.2) is 55.1 Å². The second kappa shape index (κ2) is 8.20. The molecule has 3 N–H and O–H groups in total. The van der Waals surface area contributed by atoms with Gasteiger partial charge in [0.2, 0.25) is 0 Å². The lowest BCUT2D eigenvalue weighted by Gasteiger charge is -2.23. The number of guanidine groups is 1. The Hall–Kier alpha value is -2.01. The normalized spacial score (nSPS) is 19.1. The van der Waals surface area contributed by atoms with Gasteiger partial charge in [0.15, 0.2) is 5.96 Å². The molecule has 0 radical (unpaired) electrons. The zero-order valence-electron chi connectivity index (χ0n) is 14.8. The minimum absolute atomic E-state index is 0.641. The molecule has 0 bridgehead atoms. The Labute approximate surface area is 144 Å². The molecule has 24 heavy (non-hydrogen) atoms. The monoisotopic (exact) mass is 327 g/mol. The van der Waals surface area contributed by atoms with Gasteiger partial charge in [-0.2, -0.15) is 0 Å². The summed E-state index contributed by atoms with van der Waals surface area (Å²) in [5.41, 5.74) is 2.55. The number of aromatic nitrogens is 1. The number of fused-ring (bicyclic) bond motifs is 1. The number of rotatable bonds is 6. The molecule has 0 aliphatic carbocycles. The van der Waals surface area contributed by atoms with Crippen molar-refractivity contribution in [3.63, 3.8) is 0 Å². The highest BCUT2D eigenvalue weighted by molar-refractivity contribution is 5.83. The first kappa shape index (κ1) is 16.8. The van der Waals surface area contributed by atoms with E-state index in [-0.39, 0.29) is 0 Å². The number of aliphatic imine (C=N–C) groups is 1. The lowest BCUT2D eigenvalue weighted by molar-refractivity contribution is 0.267. The van der Waals surface area contributed by atoms with E-state index in [0.717, 1.165) is 32.0 Å². The molecular weight excluding hydrogens is 298 g/mol. The van der Waals surface area contributed by atoms with Crippen molar-refractivity contribution in [2.24, 2.45) is 4.99 Å². The summed E-state index contributed by atoms with van der Waals surface area (Å²) in [5, 5.41) is 8.23. The topological polar surface area (TPSA) is 55.4 Å². The van der Waals surface area contributed by atoms with Gasteiger partial charge in [-0.1, -0.05) is 25.1 Å². The smallest absolute Gasteiger partial charge is 0.191 e. The highest BCUT2D eigenvalue weighted by atomic mass is 15.2. The number of aromatic amines is 1. The molecule has 1 unspecified atom stereocenters. The van der Waals surface area contributed by atoms with Crippen LogP contribution in [0.15, 0.2) is 35.5 Å². The molecule has 1 saturated heterocycles. The van der Waals surface area contributed by atoms with Crippen molar-refractivity contribution in [2.75, 3.05) is 33.2 Å². The summed E-state index contributed by atoms with van der Waals surface area (Å²) >= 11 is 0. The third-order valence-corrected chi connectivity index (χ3v) is 5.00. The number of hydrogen-bond acceptors (Lipinski definition) is 2. The first-order chi connectivity index (χ1) is 11.8. The van der Waals surface area contributed by atoms with E-state index in [2.05, 4.69) is 62.9 Å². The van der Waals surface area contributed by atoms with E-state index in [1.54, 1.807) is 0 Å². The van der Waals surface area contributed by atoms with Crippen LogP contribution >= 0.6 is 0 Å². The van der Waals surface area contributed by atoms with Gasteiger partial charge in [0.05, 0.1) is 0 Å². The fourth-order valence-corrected chi connectivity index (χ4v) is 3.63. The molecule has 1 aliphatic heterocycles. The molecule has 0 saturated carbocycles. The van der Waals surface area contributed by atoms with E-state index >= 15 is 0 Å². The van der Waals surface area contributed by atoms with Gasteiger partial charge < -0.3 is 15.6 Å². The van der Waals surface area contributed by atoms with Crippen LogP contribution in [0.4, 0.5) is 0 Å². The number of H-pyrrole nitrogens is 1. The number of hydrogen-bond donors (Lipinski definition) is 3. The van der Waals surface area contributed by atoms with Crippen molar-refractivity contribution < 1.29 is 0 Å². The Kier molecular flexibility index (Phi) is 5.75. The van der Waals surface area contributed by atoms with Crippen LogP contribution in [0.1, 0.15) is 25.3 Å². The minimum atomic E-state index is 0.641. The third-order valence-electron chi connectivity index (χ3n) is 5.00. The molecule has 1 aromatic heterocycles. The van der Waals surface area contributed by atoms with Crippen molar-refractivity contribution >= 4 is 16.9 Å². The molecule has 1 aromatic carbocycles. The minimum Gasteiger partial charge on any atom is -0.361 e. The number of para-hydroxylation sites is 1. The summed E-state index contributed by atoms with van der Waals surface area (Å²) in [7, 11) is 1.84. The van der Waals surface area contributed by atoms with Crippen molar-refractivity contribution in [1.29, 1.82) is 0 Å². The van der Waals surface area contributed by atoms with Crippen LogP contribution < -0.4 is 10.6 Å². The summed E-state index contributed by atoms with van der Waals surface area (Å²) in [6.07, 6.45) is 5.69. The average Bonchev–Trinajstić information content (AvgIpc) is 3.24. The van der Waals surface area contributed by atoms with Gasteiger partial charge in [-0.05, 0) is 44.0 Å². The van der Waals surface area contributed by atoms with Crippen LogP contribution in [0.3, 0.4) is 0 Å². The van der Waals surface area contributed by atoms with Crippen LogP contribution in [0.25, 0.3) is 10.9 Å². The fourth-order valence-electron chi connectivity index (χ4n) is 3.63. The van der Waals surface area contributed by atoms with Crippen molar-refractivity contribution in [1.82, 2.24) is 20.5 Å². The molecule has 2 heterocycles. The summed E-state index contributed by atoms with van der Waals surface area (Å²) in [5.74, 6) is 0.901. The van der Waals surface area contributed by atoms with E-state index in [1.807, 2.05) is 7.05 Å². The SMILES string of the molecule is CCN1CCCC1CNC(=NC)NCCc1c[nH]c2ccccc12. The van der Waals surface area contributed by atoms with E-state index in [1.165, 1.54) is 35.9 Å². The summed E-state index contributed by atoms with van der Waals surface area (Å²) in [6, 6.07) is 9.09. The summed E-state index contributed by atoms with van der Waals surface area (Å²) < 4.78 is 0. The molecule has 0 amide bonds. The first-order valence-electron chi connectivity index (χ1n) is 9.05. The first-order valence-corrected chi connectivity index (χ1v) is 9.05. The Bertz CT molecular complexity index is 675. The Morgan fingerprint density at radius 2 is 2.21 bits per heavy atom. The maximum absolute atomic E-state index is 4.35. The van der Waals surface area contributed by atoms with E-state index in [0.29, 0.717) is 6.04 Å². The van der Waals surface area contributed by atoms with Crippen LogP contribution in [-0.2, 0) is 6.42 Å². The lowest BCUT2D eigenvalue weighted by atomic mass is 10.1. The van der Waals surface area contributed by atoms with Crippen molar-refractivity contribution in [2.45, 2.75) is 32.2 Å². The van der Waals surface area contributed by atoms with Crippen LogP contribution in [0.2, 0.25) is 0 Å². The largest absolute Gasteiger partial charge is 0.361 e. The number of likely N-dealkylation sites (tertiary alicyclic amines) is 1. The quantitative estimate of drug-likeness (QED) is 0.564. The Morgan fingerprint density at radius 3 is 3.04 bits per heavy atom. The van der Waals surface area contributed by atoms with Gasteiger partial charge >= 0.3 is 0 Å². The van der Waals surface area contributed by atoms with Crippen molar-refractivity contribution in [3.8, 4) is 0 Å². The van der Waals surface area contributed by atoms with Crippen LogP contribution in [0.5, 0.6) is 0 Å². The summed E-state index contributed by atoms with van der Waals surface area (Å²) in [6.45, 7) is 6.46. The van der Waals surface area contributed by atoms with Gasteiger partial charge in [-0.25, -0.2) is 0 Å². The van der Waals surface area contributed by atoms with E-state index in [4.69, 9.17) is 0 Å². The lowest BCUT2D eigenvalue weighted by Crippen LogP contribution is -2.45. The molecule has 2 aromatic rings. The highest BCUT2D eigenvalue weighted by Crippen LogP contribution is 2.17. The zero-order valence-corrected chi connectivity index (χ0v) is 14.8. The molecule has 0 spiro atoms. The number of benzene rings is 1. The molecule has 5 heteroatoms. The second-order valence-electron chi connectivity index (χ2n) is 6.41. The molecule has 5 nitrogen and oxygen atoms in total. The zero-order chi connectivity index (χ0) is 16.8.